The number of nitrogens with zero attached hydrogens (tertiary/aromatic N) is 3. The highest BCUT2D eigenvalue weighted by Crippen LogP contribution is 2.23. The topological polar surface area (TPSA) is 88.0 Å². The summed E-state index contributed by atoms with van der Waals surface area (Å²) in [5, 5.41) is 13.1. The summed E-state index contributed by atoms with van der Waals surface area (Å²) in [6, 6.07) is 8.91. The van der Waals surface area contributed by atoms with Crippen molar-refractivity contribution in [3.63, 3.8) is 0 Å². The molecule has 0 bridgehead atoms. The molecule has 6 nitrogen and oxygen atoms in total. The number of anilines is 1. The van der Waals surface area contributed by atoms with Crippen LogP contribution in [0, 0.1) is 0 Å². The van der Waals surface area contributed by atoms with Gasteiger partial charge in [-0.2, -0.15) is 0 Å². The molecule has 0 fully saturated rings. The molecule has 1 aromatic carbocycles. The van der Waals surface area contributed by atoms with E-state index in [1.165, 1.54) is 6.33 Å². The number of halogens is 1. The Labute approximate surface area is 139 Å². The summed E-state index contributed by atoms with van der Waals surface area (Å²) in [6.07, 6.45) is 5.72. The average molecular weight is 331 g/mol. The number of pyridine rings is 1. The average Bonchev–Trinajstić information content (AvgIpc) is 2.55. The van der Waals surface area contributed by atoms with E-state index in [2.05, 4.69) is 20.3 Å². The maximum absolute atomic E-state index is 11.4. The highest BCUT2D eigenvalue weighted by atomic mass is 35.5. The number of rotatable bonds is 5. The van der Waals surface area contributed by atoms with E-state index >= 15 is 0 Å². The molecule has 0 aliphatic rings. The summed E-state index contributed by atoms with van der Waals surface area (Å²) >= 11 is 0. The minimum absolute atomic E-state index is 0. The summed E-state index contributed by atoms with van der Waals surface area (Å²) in [6.45, 7) is 0.643. The van der Waals surface area contributed by atoms with Crippen molar-refractivity contribution in [2.45, 2.75) is 6.42 Å². The number of nitrogens with one attached hydrogen (secondary N) is 1. The fourth-order valence-electron chi connectivity index (χ4n) is 2.30. The molecule has 0 saturated heterocycles. The molecule has 0 saturated carbocycles. The molecule has 2 N–H and O–H groups in total. The van der Waals surface area contributed by atoms with Gasteiger partial charge in [-0.05, 0) is 36.2 Å². The summed E-state index contributed by atoms with van der Waals surface area (Å²) in [5.74, 6) is -0.449. The lowest BCUT2D eigenvalue weighted by Gasteiger charge is -2.10. The predicted molar refractivity (Wildman–Crippen MR) is 90.2 cm³/mol. The fourth-order valence-corrected chi connectivity index (χ4v) is 2.30. The van der Waals surface area contributed by atoms with Gasteiger partial charge in [0, 0.05) is 18.9 Å². The Bertz CT molecular complexity index is 806. The standard InChI is InChI=1S/C16H14N4O2.ClH/c21-16(22)12-2-1-3-13-14(12)15(20-10-19-13)18-9-6-11-4-7-17-8-5-11;/h1-5,7-8,10H,6,9H2,(H,21,22)(H,18,19,20);1H. The lowest BCUT2D eigenvalue weighted by atomic mass is 10.1. The van der Waals surface area contributed by atoms with Crippen molar-refractivity contribution < 1.29 is 9.90 Å². The van der Waals surface area contributed by atoms with Gasteiger partial charge in [-0.1, -0.05) is 6.07 Å². The lowest BCUT2D eigenvalue weighted by Crippen LogP contribution is -2.09. The SMILES string of the molecule is Cl.O=C(O)c1cccc2ncnc(NCCc3ccncc3)c12. The van der Waals surface area contributed by atoms with Crippen molar-refractivity contribution >= 4 is 35.1 Å². The molecule has 3 aromatic rings. The van der Waals surface area contributed by atoms with Crippen molar-refractivity contribution in [1.29, 1.82) is 0 Å². The van der Waals surface area contributed by atoms with Crippen LogP contribution in [0.15, 0.2) is 49.1 Å². The number of benzene rings is 1. The maximum atomic E-state index is 11.4. The predicted octanol–water partition coefficient (Wildman–Crippen LogP) is 2.80. The number of carboxylic acid groups (broad SMARTS) is 1. The van der Waals surface area contributed by atoms with Crippen molar-refractivity contribution in [1.82, 2.24) is 15.0 Å². The maximum Gasteiger partial charge on any atom is 0.336 e. The number of carbonyl (C=O) groups is 1. The summed E-state index contributed by atoms with van der Waals surface area (Å²) in [4.78, 5) is 23.7. The van der Waals surface area contributed by atoms with Gasteiger partial charge in [0.05, 0.1) is 16.5 Å². The zero-order valence-corrected chi connectivity index (χ0v) is 13.0. The lowest BCUT2D eigenvalue weighted by molar-refractivity contribution is 0.0699. The van der Waals surface area contributed by atoms with Crippen LogP contribution < -0.4 is 5.32 Å². The molecule has 7 heteroatoms. The Morgan fingerprint density at radius 3 is 2.65 bits per heavy atom. The number of aromatic carboxylic acids is 1. The Morgan fingerprint density at radius 2 is 1.91 bits per heavy atom. The largest absolute Gasteiger partial charge is 0.478 e. The first-order valence-corrected chi connectivity index (χ1v) is 6.85. The van der Waals surface area contributed by atoms with Gasteiger partial charge in [-0.15, -0.1) is 12.4 Å². The Morgan fingerprint density at radius 1 is 1.13 bits per heavy atom. The van der Waals surface area contributed by atoms with Crippen molar-refractivity contribution in [2.75, 3.05) is 11.9 Å². The summed E-state index contributed by atoms with van der Waals surface area (Å²) in [7, 11) is 0. The molecule has 2 heterocycles. The van der Waals surface area contributed by atoms with Crippen LogP contribution in [0.5, 0.6) is 0 Å². The first kappa shape index (κ1) is 16.6. The molecular weight excluding hydrogens is 316 g/mol. The van der Waals surface area contributed by atoms with E-state index in [1.54, 1.807) is 30.6 Å². The fraction of sp³-hybridized carbons (Fsp3) is 0.125. The van der Waals surface area contributed by atoms with Gasteiger partial charge < -0.3 is 10.4 Å². The molecule has 23 heavy (non-hydrogen) atoms. The van der Waals surface area contributed by atoms with Crippen LogP contribution in [-0.2, 0) is 6.42 Å². The minimum atomic E-state index is -0.988. The third-order valence-electron chi connectivity index (χ3n) is 3.35. The van der Waals surface area contributed by atoms with Gasteiger partial charge in [0.15, 0.2) is 0 Å². The van der Waals surface area contributed by atoms with E-state index < -0.39 is 5.97 Å². The molecule has 0 atom stereocenters. The second-order valence-electron chi connectivity index (χ2n) is 4.76. The molecule has 0 aliphatic carbocycles. The minimum Gasteiger partial charge on any atom is -0.478 e. The van der Waals surface area contributed by atoms with E-state index in [1.807, 2.05) is 12.1 Å². The Kier molecular flexibility index (Phi) is 5.43. The highest BCUT2D eigenvalue weighted by Gasteiger charge is 2.13. The number of hydrogen-bond acceptors (Lipinski definition) is 5. The summed E-state index contributed by atoms with van der Waals surface area (Å²) < 4.78 is 0. The molecular formula is C16H15ClN4O2. The smallest absolute Gasteiger partial charge is 0.336 e. The molecule has 0 amide bonds. The van der Waals surface area contributed by atoms with Crippen molar-refractivity contribution in [3.05, 3.63) is 60.2 Å². The first-order valence-electron chi connectivity index (χ1n) is 6.85. The van der Waals surface area contributed by atoms with Gasteiger partial charge >= 0.3 is 5.97 Å². The first-order chi connectivity index (χ1) is 10.8. The van der Waals surface area contributed by atoms with E-state index in [-0.39, 0.29) is 18.0 Å². The Hall–Kier alpha value is -2.73. The van der Waals surface area contributed by atoms with Gasteiger partial charge in [0.2, 0.25) is 0 Å². The van der Waals surface area contributed by atoms with Crippen LogP contribution >= 0.6 is 12.4 Å². The normalized spacial score (nSPS) is 10.1. The van der Waals surface area contributed by atoms with Crippen LogP contribution in [0.3, 0.4) is 0 Å². The molecule has 3 rings (SSSR count). The second kappa shape index (κ2) is 7.51. The second-order valence-corrected chi connectivity index (χ2v) is 4.76. The van der Waals surface area contributed by atoms with Gasteiger partial charge in [-0.25, -0.2) is 14.8 Å². The van der Waals surface area contributed by atoms with Crippen molar-refractivity contribution in [2.24, 2.45) is 0 Å². The molecule has 0 spiro atoms. The van der Waals surface area contributed by atoms with E-state index in [0.717, 1.165) is 12.0 Å². The van der Waals surface area contributed by atoms with Crippen LogP contribution in [0.25, 0.3) is 10.9 Å². The van der Waals surface area contributed by atoms with Crippen LogP contribution in [-0.4, -0.2) is 32.6 Å². The monoisotopic (exact) mass is 330 g/mol. The molecule has 0 radical (unpaired) electrons. The highest BCUT2D eigenvalue weighted by molar-refractivity contribution is 6.06. The third-order valence-corrected chi connectivity index (χ3v) is 3.35. The number of hydrogen-bond donors (Lipinski definition) is 2. The van der Waals surface area contributed by atoms with Gasteiger partial charge in [0.25, 0.3) is 0 Å². The van der Waals surface area contributed by atoms with E-state index in [0.29, 0.717) is 23.3 Å². The Balaban J connectivity index is 0.00000192. The quantitative estimate of drug-likeness (QED) is 0.748. The molecule has 118 valence electrons. The number of aromatic nitrogens is 3. The zero-order chi connectivity index (χ0) is 15.4. The van der Waals surface area contributed by atoms with E-state index in [4.69, 9.17) is 0 Å². The van der Waals surface area contributed by atoms with Crippen LogP contribution in [0.2, 0.25) is 0 Å². The van der Waals surface area contributed by atoms with Gasteiger partial charge in [-0.3, -0.25) is 4.98 Å². The third kappa shape index (κ3) is 3.73. The van der Waals surface area contributed by atoms with Crippen LogP contribution in [0.4, 0.5) is 5.82 Å². The van der Waals surface area contributed by atoms with Crippen molar-refractivity contribution in [3.8, 4) is 0 Å². The molecule has 0 aliphatic heterocycles. The van der Waals surface area contributed by atoms with Gasteiger partial charge in [0.1, 0.15) is 12.1 Å². The number of carboxylic acids is 1. The van der Waals surface area contributed by atoms with E-state index in [9.17, 15) is 9.90 Å². The number of fused-ring (bicyclic) bond motifs is 1. The molecule has 2 aromatic heterocycles. The van der Waals surface area contributed by atoms with Crippen LogP contribution in [0.1, 0.15) is 15.9 Å². The summed E-state index contributed by atoms with van der Waals surface area (Å²) in [5.41, 5.74) is 1.96. The zero-order valence-electron chi connectivity index (χ0n) is 12.1. The molecule has 0 unspecified atom stereocenters.